The van der Waals surface area contributed by atoms with E-state index in [0.29, 0.717) is 23.0 Å². The molecule has 0 spiro atoms. The molecule has 1 saturated carbocycles. The molecule has 150 valence electrons. The van der Waals surface area contributed by atoms with Gasteiger partial charge < -0.3 is 15.5 Å². The van der Waals surface area contributed by atoms with Gasteiger partial charge in [0.2, 0.25) is 5.91 Å². The number of halogens is 2. The smallest absolute Gasteiger partial charge is 0.254 e. The fourth-order valence-corrected chi connectivity index (χ4v) is 4.52. The number of likely N-dealkylation sites (tertiary alicyclic amines) is 1. The summed E-state index contributed by atoms with van der Waals surface area (Å²) in [5.74, 6) is 0.317. The highest BCUT2D eigenvalue weighted by molar-refractivity contribution is 6.31. The van der Waals surface area contributed by atoms with E-state index in [-0.39, 0.29) is 36.3 Å². The van der Waals surface area contributed by atoms with Crippen LogP contribution in [0.5, 0.6) is 0 Å². The van der Waals surface area contributed by atoms with Gasteiger partial charge >= 0.3 is 0 Å². The summed E-state index contributed by atoms with van der Waals surface area (Å²) in [4.78, 5) is 27.9. The first kappa shape index (κ1) is 22.0. The van der Waals surface area contributed by atoms with Crippen molar-refractivity contribution in [3.05, 3.63) is 34.9 Å². The average Bonchev–Trinajstić information content (AvgIpc) is 3.04. The molecule has 1 aliphatic heterocycles. The number of hydrogen-bond donors (Lipinski definition) is 2. The molecule has 3 unspecified atom stereocenters. The number of nitrogens with one attached hydrogen (secondary N) is 2. The third-order valence-electron chi connectivity index (χ3n) is 5.55. The van der Waals surface area contributed by atoms with Crippen molar-refractivity contribution in [2.75, 3.05) is 19.6 Å². The number of hydrogen-bond acceptors (Lipinski definition) is 3. The van der Waals surface area contributed by atoms with Gasteiger partial charge in [0.25, 0.3) is 5.91 Å². The molecule has 5 nitrogen and oxygen atoms in total. The van der Waals surface area contributed by atoms with Crippen molar-refractivity contribution in [2.24, 2.45) is 5.92 Å². The number of benzene rings is 1. The van der Waals surface area contributed by atoms with E-state index >= 15 is 0 Å². The molecule has 3 rings (SSSR count). The average molecular weight is 414 g/mol. The first-order valence-electron chi connectivity index (χ1n) is 9.68. The van der Waals surface area contributed by atoms with Gasteiger partial charge in [0.05, 0.1) is 0 Å². The molecule has 2 fully saturated rings. The molecule has 1 saturated heterocycles. The molecule has 3 atom stereocenters. The molecule has 2 aliphatic rings. The molecule has 2 N–H and O–H groups in total. The van der Waals surface area contributed by atoms with E-state index in [2.05, 4.69) is 10.6 Å². The molecule has 1 heterocycles. The topological polar surface area (TPSA) is 61.4 Å². The zero-order valence-electron chi connectivity index (χ0n) is 15.7. The molecule has 1 aliphatic carbocycles. The predicted octanol–water partition coefficient (Wildman–Crippen LogP) is 3.26. The van der Waals surface area contributed by atoms with E-state index in [1.165, 1.54) is 6.42 Å². The lowest BCUT2D eigenvalue weighted by Crippen LogP contribution is -2.50. The van der Waals surface area contributed by atoms with Gasteiger partial charge in [-0.25, -0.2) is 0 Å². The summed E-state index contributed by atoms with van der Waals surface area (Å²) in [5, 5.41) is 6.74. The number of nitrogens with zero attached hydrogens (tertiary/aromatic N) is 1. The highest BCUT2D eigenvalue weighted by atomic mass is 35.5. The van der Waals surface area contributed by atoms with Gasteiger partial charge in [-0.3, -0.25) is 9.59 Å². The van der Waals surface area contributed by atoms with Crippen molar-refractivity contribution in [3.63, 3.8) is 0 Å². The van der Waals surface area contributed by atoms with Crippen molar-refractivity contribution >= 4 is 35.8 Å². The number of rotatable bonds is 6. The summed E-state index contributed by atoms with van der Waals surface area (Å²) in [6, 6.07) is 6.81. The maximum atomic E-state index is 13.2. The minimum Gasteiger partial charge on any atom is -0.353 e. The Hall–Kier alpha value is -1.30. The summed E-state index contributed by atoms with van der Waals surface area (Å²) < 4.78 is 0. The highest BCUT2D eigenvalue weighted by Gasteiger charge is 2.47. The monoisotopic (exact) mass is 413 g/mol. The van der Waals surface area contributed by atoms with Gasteiger partial charge in [-0.1, -0.05) is 37.4 Å². The molecule has 0 aromatic heterocycles. The minimum atomic E-state index is -0.379. The lowest BCUT2D eigenvalue weighted by atomic mass is 9.84. The summed E-state index contributed by atoms with van der Waals surface area (Å²) in [6.07, 6.45) is 5.16. The van der Waals surface area contributed by atoms with Gasteiger partial charge in [0, 0.05) is 29.7 Å². The van der Waals surface area contributed by atoms with E-state index in [4.69, 9.17) is 11.6 Å². The zero-order chi connectivity index (χ0) is 18.5. The Morgan fingerprint density at radius 3 is 2.74 bits per heavy atom. The normalized spacial score (nSPS) is 24.1. The van der Waals surface area contributed by atoms with Crippen LogP contribution < -0.4 is 10.6 Å². The number of carbonyl (C=O) groups excluding carboxylic acids is 2. The van der Waals surface area contributed by atoms with Crippen LogP contribution in [0.3, 0.4) is 0 Å². The minimum absolute atomic E-state index is 0. The summed E-state index contributed by atoms with van der Waals surface area (Å²) in [6.45, 7) is 4.24. The van der Waals surface area contributed by atoms with E-state index in [9.17, 15) is 9.59 Å². The summed E-state index contributed by atoms with van der Waals surface area (Å²) in [5.41, 5.74) is 0.564. The van der Waals surface area contributed by atoms with E-state index in [1.54, 1.807) is 24.3 Å². The molecule has 1 aromatic rings. The van der Waals surface area contributed by atoms with E-state index in [1.807, 2.05) is 11.8 Å². The van der Waals surface area contributed by atoms with Crippen LogP contribution in [0.25, 0.3) is 0 Å². The van der Waals surface area contributed by atoms with E-state index in [0.717, 1.165) is 38.8 Å². The molecule has 2 amide bonds. The van der Waals surface area contributed by atoms with Crippen molar-refractivity contribution in [1.82, 2.24) is 15.5 Å². The second-order valence-corrected chi connectivity index (χ2v) is 7.67. The number of carbonyl (C=O) groups is 2. The lowest BCUT2D eigenvalue weighted by molar-refractivity contribution is -0.125. The summed E-state index contributed by atoms with van der Waals surface area (Å²) >= 11 is 6.07. The van der Waals surface area contributed by atoms with Crippen LogP contribution in [0.2, 0.25) is 5.02 Å². The molecule has 7 heteroatoms. The maximum Gasteiger partial charge on any atom is 0.254 e. The molecular weight excluding hydrogens is 385 g/mol. The van der Waals surface area contributed by atoms with Gasteiger partial charge in [-0.2, -0.15) is 0 Å². The standard InChI is InChI=1S/C20H28ClN3O2.ClH/c1-2-22-10-11-23-19(25)18-13-14-6-3-4-9-17(14)24(18)20(26)15-7-5-8-16(21)12-15;/h5,7-8,12,14,17-18,22H,2-4,6,9-11,13H2,1H3,(H,23,25);1H. The van der Waals surface area contributed by atoms with Crippen LogP contribution in [0.4, 0.5) is 0 Å². The number of likely N-dealkylation sites (N-methyl/N-ethyl adjacent to an activating group) is 1. The molecular formula is C20H29Cl2N3O2. The van der Waals surface area contributed by atoms with Gasteiger partial charge in [-0.15, -0.1) is 12.4 Å². The second kappa shape index (κ2) is 10.3. The first-order chi connectivity index (χ1) is 12.6. The van der Waals surface area contributed by atoms with Crippen LogP contribution >= 0.6 is 24.0 Å². The Morgan fingerprint density at radius 1 is 1.22 bits per heavy atom. The zero-order valence-corrected chi connectivity index (χ0v) is 17.3. The highest BCUT2D eigenvalue weighted by Crippen LogP contribution is 2.40. The van der Waals surface area contributed by atoms with Crippen LogP contribution in [-0.2, 0) is 4.79 Å². The fourth-order valence-electron chi connectivity index (χ4n) is 4.33. The summed E-state index contributed by atoms with van der Waals surface area (Å²) in [7, 11) is 0. The molecule has 27 heavy (non-hydrogen) atoms. The van der Waals surface area contributed by atoms with Gasteiger partial charge in [0.15, 0.2) is 0 Å². The van der Waals surface area contributed by atoms with Crippen LogP contribution in [-0.4, -0.2) is 48.4 Å². The fraction of sp³-hybridized carbons (Fsp3) is 0.600. The lowest BCUT2D eigenvalue weighted by Gasteiger charge is -2.33. The second-order valence-electron chi connectivity index (χ2n) is 7.23. The van der Waals surface area contributed by atoms with Crippen molar-refractivity contribution in [3.8, 4) is 0 Å². The van der Waals surface area contributed by atoms with Gasteiger partial charge in [0.1, 0.15) is 6.04 Å². The van der Waals surface area contributed by atoms with Crippen molar-refractivity contribution in [1.29, 1.82) is 0 Å². The van der Waals surface area contributed by atoms with Crippen molar-refractivity contribution in [2.45, 2.75) is 51.1 Å². The Morgan fingerprint density at radius 2 is 2.00 bits per heavy atom. The SMILES string of the molecule is CCNCCNC(=O)C1CC2CCCCC2N1C(=O)c1cccc(Cl)c1.Cl. The molecule has 1 aromatic carbocycles. The van der Waals surface area contributed by atoms with Crippen LogP contribution in [0.1, 0.15) is 49.4 Å². The molecule has 0 radical (unpaired) electrons. The number of fused-ring (bicyclic) bond motifs is 1. The molecule has 0 bridgehead atoms. The Kier molecular flexibility index (Phi) is 8.39. The quantitative estimate of drug-likeness (QED) is 0.703. The van der Waals surface area contributed by atoms with Crippen molar-refractivity contribution < 1.29 is 9.59 Å². The van der Waals surface area contributed by atoms with E-state index < -0.39 is 0 Å². The predicted molar refractivity (Wildman–Crippen MR) is 111 cm³/mol. The first-order valence-corrected chi connectivity index (χ1v) is 10.1. The van der Waals surface area contributed by atoms with Crippen LogP contribution in [0.15, 0.2) is 24.3 Å². The Labute approximate surface area is 172 Å². The third-order valence-corrected chi connectivity index (χ3v) is 5.78. The third kappa shape index (κ3) is 5.15. The largest absolute Gasteiger partial charge is 0.353 e. The Bertz CT molecular complexity index is 656. The van der Waals surface area contributed by atoms with Gasteiger partial charge in [-0.05, 0) is 49.9 Å². The number of amides is 2. The Balaban J connectivity index is 0.00000261. The maximum absolute atomic E-state index is 13.2. The van der Waals surface area contributed by atoms with Crippen LogP contribution in [0, 0.1) is 5.92 Å².